The van der Waals surface area contributed by atoms with Gasteiger partial charge in [0, 0.05) is 17.7 Å². The maximum Gasteiger partial charge on any atom is 0.316 e. The molecular formula is C26H25NO5. The first-order valence-corrected chi connectivity index (χ1v) is 10.5. The van der Waals surface area contributed by atoms with Gasteiger partial charge in [-0.25, -0.2) is 0 Å². The number of methoxy groups -OCH3 is 2. The first-order valence-electron chi connectivity index (χ1n) is 10.5. The summed E-state index contributed by atoms with van der Waals surface area (Å²) in [5, 5.41) is 0. The Bertz CT molecular complexity index is 1080. The van der Waals surface area contributed by atoms with Gasteiger partial charge < -0.3 is 19.1 Å². The number of esters is 1. The molecule has 4 rings (SSSR count). The number of amides is 1. The van der Waals surface area contributed by atoms with Gasteiger partial charge in [-0.15, -0.1) is 0 Å². The van der Waals surface area contributed by atoms with Gasteiger partial charge in [-0.1, -0.05) is 36.4 Å². The second-order valence-corrected chi connectivity index (χ2v) is 7.53. The van der Waals surface area contributed by atoms with E-state index in [0.717, 1.165) is 5.56 Å². The molecule has 0 aromatic heterocycles. The van der Waals surface area contributed by atoms with E-state index in [4.69, 9.17) is 14.2 Å². The Labute approximate surface area is 187 Å². The fourth-order valence-corrected chi connectivity index (χ4v) is 4.13. The number of piperidine rings is 1. The molecule has 1 aliphatic heterocycles. The number of ether oxygens (including phenoxy) is 3. The van der Waals surface area contributed by atoms with Gasteiger partial charge in [0.1, 0.15) is 17.2 Å². The van der Waals surface area contributed by atoms with E-state index in [1.165, 1.54) is 0 Å². The summed E-state index contributed by atoms with van der Waals surface area (Å²) in [6, 6.07) is 23.1. The Hall–Kier alpha value is -3.80. The van der Waals surface area contributed by atoms with Crippen LogP contribution < -0.4 is 19.1 Å². The number of carbonyl (C=O) groups excluding carboxylic acids is 2. The highest BCUT2D eigenvalue weighted by Crippen LogP contribution is 2.43. The smallest absolute Gasteiger partial charge is 0.316 e. The van der Waals surface area contributed by atoms with Crippen LogP contribution in [0.2, 0.25) is 0 Å². The summed E-state index contributed by atoms with van der Waals surface area (Å²) in [4.78, 5) is 28.2. The van der Waals surface area contributed by atoms with Crippen molar-refractivity contribution in [2.75, 3.05) is 19.1 Å². The highest BCUT2D eigenvalue weighted by molar-refractivity contribution is 5.97. The molecule has 6 nitrogen and oxygen atoms in total. The third kappa shape index (κ3) is 4.30. The second kappa shape index (κ2) is 9.56. The largest absolute Gasteiger partial charge is 0.497 e. The Morgan fingerprint density at radius 3 is 2.22 bits per heavy atom. The van der Waals surface area contributed by atoms with Gasteiger partial charge in [0.2, 0.25) is 5.91 Å². The average molecular weight is 431 g/mol. The van der Waals surface area contributed by atoms with Crippen LogP contribution in [0.3, 0.4) is 0 Å². The standard InChI is InChI=1S/C26H25NO5/c1-30-19-14-12-18(13-15-19)27-24(28)17-16-22(26(29)32-20-8-4-3-5-9-20)25(27)21-10-6-7-11-23(21)31-2/h3-15,22,25H,16-17H2,1-2H3. The zero-order valence-electron chi connectivity index (χ0n) is 18.1. The number of hydrogen-bond acceptors (Lipinski definition) is 5. The van der Waals surface area contributed by atoms with E-state index >= 15 is 0 Å². The quantitative estimate of drug-likeness (QED) is 0.415. The molecule has 0 saturated carbocycles. The summed E-state index contributed by atoms with van der Waals surface area (Å²) in [5.41, 5.74) is 1.44. The van der Waals surface area contributed by atoms with Crippen molar-refractivity contribution >= 4 is 17.6 Å². The van der Waals surface area contributed by atoms with Crippen LogP contribution >= 0.6 is 0 Å². The zero-order valence-corrected chi connectivity index (χ0v) is 18.1. The molecule has 1 saturated heterocycles. The molecule has 164 valence electrons. The summed E-state index contributed by atoms with van der Waals surface area (Å²) in [6.45, 7) is 0. The number of anilines is 1. The van der Waals surface area contributed by atoms with E-state index in [-0.39, 0.29) is 18.3 Å². The van der Waals surface area contributed by atoms with Gasteiger partial charge in [-0.3, -0.25) is 9.59 Å². The van der Waals surface area contributed by atoms with Crippen molar-refractivity contribution in [1.82, 2.24) is 0 Å². The number of benzene rings is 3. The maximum atomic E-state index is 13.3. The summed E-state index contributed by atoms with van der Waals surface area (Å²) in [5.74, 6) is 0.777. The molecule has 0 spiro atoms. The Morgan fingerprint density at radius 2 is 1.53 bits per heavy atom. The molecule has 1 aliphatic rings. The summed E-state index contributed by atoms with van der Waals surface area (Å²) < 4.78 is 16.5. The SMILES string of the molecule is COc1ccc(N2C(=O)CCC(C(=O)Oc3ccccc3)C2c2ccccc2OC)cc1. The molecule has 0 N–H and O–H groups in total. The topological polar surface area (TPSA) is 65.1 Å². The lowest BCUT2D eigenvalue weighted by atomic mass is 9.83. The Morgan fingerprint density at radius 1 is 0.844 bits per heavy atom. The lowest BCUT2D eigenvalue weighted by molar-refractivity contribution is -0.141. The van der Waals surface area contributed by atoms with Crippen molar-refractivity contribution in [2.45, 2.75) is 18.9 Å². The van der Waals surface area contributed by atoms with Crippen LogP contribution in [0.5, 0.6) is 17.2 Å². The van der Waals surface area contributed by atoms with Crippen LogP contribution in [-0.4, -0.2) is 26.1 Å². The van der Waals surface area contributed by atoms with Crippen LogP contribution in [-0.2, 0) is 9.59 Å². The van der Waals surface area contributed by atoms with Gasteiger partial charge >= 0.3 is 5.97 Å². The molecule has 1 heterocycles. The van der Waals surface area contributed by atoms with Crippen LogP contribution in [0.15, 0.2) is 78.9 Å². The van der Waals surface area contributed by atoms with E-state index in [0.29, 0.717) is 29.4 Å². The molecule has 2 atom stereocenters. The highest BCUT2D eigenvalue weighted by atomic mass is 16.5. The zero-order chi connectivity index (χ0) is 22.5. The molecule has 1 amide bonds. The summed E-state index contributed by atoms with van der Waals surface area (Å²) >= 11 is 0. The lowest BCUT2D eigenvalue weighted by Gasteiger charge is -2.40. The van der Waals surface area contributed by atoms with Crippen LogP contribution in [0, 0.1) is 5.92 Å². The highest BCUT2D eigenvalue weighted by Gasteiger charge is 2.43. The predicted octanol–water partition coefficient (Wildman–Crippen LogP) is 4.79. The average Bonchev–Trinajstić information content (AvgIpc) is 2.84. The Kier molecular flexibility index (Phi) is 6.40. The molecular weight excluding hydrogens is 406 g/mol. The van der Waals surface area contributed by atoms with E-state index in [1.54, 1.807) is 43.4 Å². The first-order chi connectivity index (χ1) is 15.6. The van der Waals surface area contributed by atoms with E-state index in [2.05, 4.69) is 0 Å². The van der Waals surface area contributed by atoms with Crippen molar-refractivity contribution < 1.29 is 23.8 Å². The van der Waals surface area contributed by atoms with Crippen molar-refractivity contribution in [3.8, 4) is 17.2 Å². The normalized spacial score (nSPS) is 18.2. The van der Waals surface area contributed by atoms with E-state index in [9.17, 15) is 9.59 Å². The molecule has 32 heavy (non-hydrogen) atoms. The monoisotopic (exact) mass is 431 g/mol. The number of rotatable bonds is 6. The molecule has 3 aromatic carbocycles. The fraction of sp³-hybridized carbons (Fsp3) is 0.231. The molecule has 0 radical (unpaired) electrons. The van der Waals surface area contributed by atoms with Gasteiger partial charge in [0.15, 0.2) is 0 Å². The minimum absolute atomic E-state index is 0.0603. The minimum Gasteiger partial charge on any atom is -0.497 e. The van der Waals surface area contributed by atoms with Crippen molar-refractivity contribution in [3.63, 3.8) is 0 Å². The maximum absolute atomic E-state index is 13.3. The molecule has 0 aliphatic carbocycles. The lowest BCUT2D eigenvalue weighted by Crippen LogP contribution is -2.46. The van der Waals surface area contributed by atoms with Gasteiger partial charge in [0.05, 0.1) is 26.2 Å². The minimum atomic E-state index is -0.572. The van der Waals surface area contributed by atoms with Crippen LogP contribution in [0.1, 0.15) is 24.4 Å². The van der Waals surface area contributed by atoms with Crippen molar-refractivity contribution in [1.29, 1.82) is 0 Å². The molecule has 2 unspecified atom stereocenters. The van der Waals surface area contributed by atoms with Crippen LogP contribution in [0.4, 0.5) is 5.69 Å². The molecule has 6 heteroatoms. The number of nitrogens with zero attached hydrogens (tertiary/aromatic N) is 1. The number of hydrogen-bond donors (Lipinski definition) is 0. The fourth-order valence-electron chi connectivity index (χ4n) is 4.13. The van der Waals surface area contributed by atoms with Crippen LogP contribution in [0.25, 0.3) is 0 Å². The second-order valence-electron chi connectivity index (χ2n) is 7.53. The van der Waals surface area contributed by atoms with Gasteiger partial charge in [-0.2, -0.15) is 0 Å². The first kappa shape index (κ1) is 21.4. The third-order valence-corrected chi connectivity index (χ3v) is 5.67. The van der Waals surface area contributed by atoms with Crippen molar-refractivity contribution in [3.05, 3.63) is 84.4 Å². The molecule has 1 fully saturated rings. The third-order valence-electron chi connectivity index (χ3n) is 5.67. The van der Waals surface area contributed by atoms with Gasteiger partial charge in [-0.05, 0) is 48.9 Å². The van der Waals surface area contributed by atoms with E-state index < -0.39 is 12.0 Å². The number of para-hydroxylation sites is 2. The molecule has 0 bridgehead atoms. The predicted molar refractivity (Wildman–Crippen MR) is 121 cm³/mol. The molecule has 3 aromatic rings. The summed E-state index contributed by atoms with van der Waals surface area (Å²) in [6.07, 6.45) is 0.631. The van der Waals surface area contributed by atoms with Gasteiger partial charge in [0.25, 0.3) is 0 Å². The number of carbonyl (C=O) groups is 2. The Balaban J connectivity index is 1.77. The van der Waals surface area contributed by atoms with Crippen molar-refractivity contribution in [2.24, 2.45) is 5.92 Å². The summed E-state index contributed by atoms with van der Waals surface area (Å²) in [7, 11) is 3.17. The van der Waals surface area contributed by atoms with E-state index in [1.807, 2.05) is 54.6 Å².